The molecular weight excluding hydrogens is 496 g/mol. The van der Waals surface area contributed by atoms with Gasteiger partial charge in [0.1, 0.15) is 5.75 Å². The van der Waals surface area contributed by atoms with Crippen molar-refractivity contribution in [2.75, 3.05) is 37.2 Å². The van der Waals surface area contributed by atoms with E-state index in [9.17, 15) is 8.42 Å². The number of nitrogens with zero attached hydrogens (tertiary/aromatic N) is 1. The van der Waals surface area contributed by atoms with E-state index in [0.717, 1.165) is 65.8 Å². The van der Waals surface area contributed by atoms with Crippen molar-refractivity contribution in [2.45, 2.75) is 78.6 Å². The summed E-state index contributed by atoms with van der Waals surface area (Å²) in [6.45, 7) is 10.8. The lowest BCUT2D eigenvalue weighted by Gasteiger charge is -2.21. The Hall–Kier alpha value is -2.51. The van der Waals surface area contributed by atoms with Crippen LogP contribution in [0, 0.1) is 0 Å². The molecule has 210 valence electrons. The Morgan fingerprint density at radius 3 is 2.13 bits per heavy atom. The largest absolute Gasteiger partial charge is 0.494 e. The molecule has 0 saturated heterocycles. The van der Waals surface area contributed by atoms with E-state index in [-0.39, 0.29) is 0 Å². The van der Waals surface area contributed by atoms with Crippen LogP contribution in [0.25, 0.3) is 11.1 Å². The van der Waals surface area contributed by atoms with E-state index in [1.165, 1.54) is 45.0 Å². The molecule has 2 aliphatic rings. The number of anilines is 1. The first-order valence-electron chi connectivity index (χ1n) is 14.3. The molecule has 0 fully saturated rings. The van der Waals surface area contributed by atoms with Crippen LogP contribution in [0.2, 0.25) is 0 Å². The molecule has 0 unspecified atom stereocenters. The zero-order valence-corrected chi connectivity index (χ0v) is 24.5. The Morgan fingerprint density at radius 1 is 0.842 bits per heavy atom. The minimum atomic E-state index is -3.41. The molecule has 6 nitrogen and oxygen atoms in total. The predicted molar refractivity (Wildman–Crippen MR) is 158 cm³/mol. The van der Waals surface area contributed by atoms with Gasteiger partial charge in [0.15, 0.2) is 0 Å². The normalized spacial score (nSPS) is 11.9. The monoisotopic (exact) mass is 542 g/mol. The van der Waals surface area contributed by atoms with Crippen LogP contribution in [0.4, 0.5) is 5.69 Å². The van der Waals surface area contributed by atoms with Crippen LogP contribution in [0.5, 0.6) is 5.75 Å². The van der Waals surface area contributed by atoms with Crippen molar-refractivity contribution in [3.63, 3.8) is 0 Å². The molecule has 7 heteroatoms. The van der Waals surface area contributed by atoms with Gasteiger partial charge in [-0.1, -0.05) is 52.2 Å². The Labute approximate surface area is 230 Å². The molecule has 1 N–H and O–H groups in total. The molecule has 0 amide bonds. The lowest BCUT2D eigenvalue weighted by molar-refractivity contribution is 0.229. The average molecular weight is 543 g/mol. The summed E-state index contributed by atoms with van der Waals surface area (Å²) in [5.41, 5.74) is 5.87. The third-order valence-electron chi connectivity index (χ3n) is 6.97. The van der Waals surface area contributed by atoms with Crippen molar-refractivity contribution in [3.8, 4) is 16.9 Å². The smallest absolute Gasteiger partial charge is 0.229 e. The summed E-state index contributed by atoms with van der Waals surface area (Å²) in [7, 11) is -3.41. The molecule has 0 radical (unpaired) electrons. The van der Waals surface area contributed by atoms with Gasteiger partial charge in [-0.05, 0) is 86.5 Å². The first kappa shape index (κ1) is 30.0. The Balaban J connectivity index is 1.68. The van der Waals surface area contributed by atoms with Gasteiger partial charge in [-0.25, -0.2) is 8.42 Å². The van der Waals surface area contributed by atoms with Crippen LogP contribution in [-0.4, -0.2) is 45.8 Å². The van der Waals surface area contributed by atoms with E-state index < -0.39 is 10.0 Å². The topological polar surface area (TPSA) is 71.8 Å². The standard InChI is InChI=1S/C31H46N2O4S/c1-5-8-12-27-29(30-24-36-22-17-28(30)31(27)32-38(4,34)35)23-25-13-15-26(16-14-25)37-21-11-20-33(18-9-6-2)19-10-7-3/h13-17,22,24,32H,5-12,18-21,23H2,1-4H3. The van der Waals surface area contributed by atoms with Crippen LogP contribution in [-0.2, 0) is 22.9 Å². The second-order valence-corrected chi connectivity index (χ2v) is 12.0. The third kappa shape index (κ3) is 9.05. The summed E-state index contributed by atoms with van der Waals surface area (Å²) in [6.07, 6.45) is 14.1. The highest BCUT2D eigenvalue weighted by Gasteiger charge is 2.25. The molecule has 1 aliphatic carbocycles. The number of nitrogens with one attached hydrogen (secondary N) is 1. The van der Waals surface area contributed by atoms with E-state index in [4.69, 9.17) is 9.15 Å². The van der Waals surface area contributed by atoms with Crippen molar-refractivity contribution in [1.29, 1.82) is 0 Å². The Morgan fingerprint density at radius 2 is 1.50 bits per heavy atom. The second kappa shape index (κ2) is 15.2. The van der Waals surface area contributed by atoms with Gasteiger partial charge in [0.2, 0.25) is 10.0 Å². The number of rotatable bonds is 18. The fourth-order valence-electron chi connectivity index (χ4n) is 4.91. The highest BCUT2D eigenvalue weighted by Crippen LogP contribution is 2.43. The van der Waals surface area contributed by atoms with E-state index >= 15 is 0 Å². The van der Waals surface area contributed by atoms with Crippen molar-refractivity contribution in [3.05, 3.63) is 59.5 Å². The third-order valence-corrected chi connectivity index (χ3v) is 7.54. The molecule has 1 aromatic carbocycles. The second-order valence-electron chi connectivity index (χ2n) is 10.3. The molecule has 1 heterocycles. The molecule has 0 saturated carbocycles. The van der Waals surface area contributed by atoms with Crippen molar-refractivity contribution >= 4 is 15.7 Å². The fourth-order valence-corrected chi connectivity index (χ4v) is 5.52. The maximum absolute atomic E-state index is 12.2. The zero-order valence-electron chi connectivity index (χ0n) is 23.7. The number of fused-ring (bicyclic) bond motifs is 1. The van der Waals surface area contributed by atoms with Gasteiger partial charge in [-0.3, -0.25) is 4.72 Å². The number of sulfonamides is 1. The van der Waals surface area contributed by atoms with Crippen LogP contribution in [0.1, 0.15) is 82.4 Å². The first-order chi connectivity index (χ1) is 18.4. The molecule has 0 aromatic heterocycles. The number of unbranched alkanes of at least 4 members (excludes halogenated alkanes) is 3. The van der Waals surface area contributed by atoms with Crippen molar-refractivity contribution < 1.29 is 17.6 Å². The highest BCUT2D eigenvalue weighted by molar-refractivity contribution is 7.92. The fraction of sp³-hybridized carbons (Fsp3) is 0.548. The maximum Gasteiger partial charge on any atom is 0.229 e. The van der Waals surface area contributed by atoms with Gasteiger partial charge < -0.3 is 14.1 Å². The predicted octanol–water partition coefficient (Wildman–Crippen LogP) is 7.36. The molecular formula is C31H46N2O4S. The lowest BCUT2D eigenvalue weighted by Crippen LogP contribution is -2.28. The van der Waals surface area contributed by atoms with E-state index in [1.54, 1.807) is 12.5 Å². The minimum Gasteiger partial charge on any atom is -0.494 e. The number of ether oxygens (including phenoxy) is 1. The van der Waals surface area contributed by atoms with Crippen molar-refractivity contribution in [2.24, 2.45) is 0 Å². The van der Waals surface area contributed by atoms with E-state index in [1.807, 2.05) is 18.2 Å². The van der Waals surface area contributed by atoms with Crippen LogP contribution < -0.4 is 9.46 Å². The summed E-state index contributed by atoms with van der Waals surface area (Å²) >= 11 is 0. The zero-order chi connectivity index (χ0) is 27.4. The number of benzene rings is 1. The molecule has 0 bridgehead atoms. The van der Waals surface area contributed by atoms with E-state index in [2.05, 4.69) is 42.5 Å². The summed E-state index contributed by atoms with van der Waals surface area (Å²) in [5.74, 6) is 0.885. The van der Waals surface area contributed by atoms with Gasteiger partial charge in [0, 0.05) is 17.7 Å². The Kier molecular flexibility index (Phi) is 12.0. The average Bonchev–Trinajstić information content (AvgIpc) is 3.18. The van der Waals surface area contributed by atoms with Crippen LogP contribution >= 0.6 is 0 Å². The Bertz CT molecular complexity index is 1160. The van der Waals surface area contributed by atoms with Crippen LogP contribution in [0.3, 0.4) is 0 Å². The summed E-state index contributed by atoms with van der Waals surface area (Å²) in [4.78, 5) is 2.57. The summed E-state index contributed by atoms with van der Waals surface area (Å²) < 4.78 is 38.7. The van der Waals surface area contributed by atoms with E-state index in [0.29, 0.717) is 18.7 Å². The highest BCUT2D eigenvalue weighted by atomic mass is 32.2. The summed E-state index contributed by atoms with van der Waals surface area (Å²) in [6, 6.07) is 10.1. The lowest BCUT2D eigenvalue weighted by atomic mass is 9.98. The maximum atomic E-state index is 12.2. The van der Waals surface area contributed by atoms with Gasteiger partial charge in [-0.15, -0.1) is 0 Å². The molecule has 1 aromatic rings. The molecule has 3 rings (SSSR count). The number of hydrogen-bond acceptors (Lipinski definition) is 5. The molecule has 0 atom stereocenters. The van der Waals surface area contributed by atoms with Gasteiger partial charge in [0.05, 0.1) is 31.1 Å². The van der Waals surface area contributed by atoms with Crippen molar-refractivity contribution in [1.82, 2.24) is 4.90 Å². The van der Waals surface area contributed by atoms with Crippen LogP contribution in [0.15, 0.2) is 47.3 Å². The molecule has 1 aliphatic heterocycles. The molecule has 0 spiro atoms. The quantitative estimate of drug-likeness (QED) is 0.170. The van der Waals surface area contributed by atoms with Gasteiger partial charge in [-0.2, -0.15) is 0 Å². The number of hydrogen-bond donors (Lipinski definition) is 1. The molecule has 38 heavy (non-hydrogen) atoms. The SMILES string of the molecule is CCCCc1c(Cc2ccc(OCCCN(CCCC)CCCC)cc2)c2coccc-2c1NS(C)(=O)=O. The summed E-state index contributed by atoms with van der Waals surface area (Å²) in [5, 5.41) is 0. The minimum absolute atomic E-state index is 0.689. The van der Waals surface area contributed by atoms with Gasteiger partial charge in [0.25, 0.3) is 0 Å². The van der Waals surface area contributed by atoms with Gasteiger partial charge >= 0.3 is 0 Å². The first-order valence-corrected chi connectivity index (χ1v) is 16.2.